The summed E-state index contributed by atoms with van der Waals surface area (Å²) >= 11 is 0. The van der Waals surface area contributed by atoms with Gasteiger partial charge in [0.05, 0.1) is 35.7 Å². The molecule has 0 bridgehead atoms. The molecule has 0 saturated carbocycles. The van der Waals surface area contributed by atoms with E-state index in [0.717, 1.165) is 43.7 Å². The monoisotopic (exact) mass is 501 g/mol. The van der Waals surface area contributed by atoms with Crippen LogP contribution < -0.4 is 15.6 Å². The first-order chi connectivity index (χ1) is 18.1. The van der Waals surface area contributed by atoms with Gasteiger partial charge in [-0.2, -0.15) is 5.10 Å². The van der Waals surface area contributed by atoms with Crippen molar-refractivity contribution in [2.75, 3.05) is 69.7 Å². The number of rotatable bonds is 4. The zero-order valence-corrected chi connectivity index (χ0v) is 20.9. The molecule has 1 aromatic heterocycles. The fourth-order valence-electron chi connectivity index (χ4n) is 5.31. The van der Waals surface area contributed by atoms with Crippen LogP contribution in [0, 0.1) is 0 Å². The van der Waals surface area contributed by atoms with Crippen molar-refractivity contribution in [3.63, 3.8) is 0 Å². The number of nitrogens with one attached hydrogen (secondary N) is 3. The van der Waals surface area contributed by atoms with Crippen molar-refractivity contribution in [2.24, 2.45) is 0 Å². The normalized spacial score (nSPS) is 18.3. The number of urea groups is 1. The zero-order valence-electron chi connectivity index (χ0n) is 20.9. The van der Waals surface area contributed by atoms with Gasteiger partial charge in [-0.15, -0.1) is 0 Å². The van der Waals surface area contributed by atoms with Crippen molar-refractivity contribution in [1.29, 1.82) is 0 Å². The molecule has 10 nitrogen and oxygen atoms in total. The number of ether oxygens (including phenoxy) is 1. The topological polar surface area (TPSA) is 106 Å². The van der Waals surface area contributed by atoms with Crippen LogP contribution in [0.2, 0.25) is 0 Å². The van der Waals surface area contributed by atoms with Crippen LogP contribution in [0.5, 0.6) is 0 Å². The van der Waals surface area contributed by atoms with E-state index in [2.05, 4.69) is 49.9 Å². The van der Waals surface area contributed by atoms with Gasteiger partial charge in [0, 0.05) is 49.5 Å². The fourth-order valence-corrected chi connectivity index (χ4v) is 5.31. The van der Waals surface area contributed by atoms with E-state index in [9.17, 15) is 9.59 Å². The number of morpholine rings is 1. The summed E-state index contributed by atoms with van der Waals surface area (Å²) in [6.07, 6.45) is 1.14. The summed E-state index contributed by atoms with van der Waals surface area (Å²) < 4.78 is 5.32. The number of hydrogen-bond donors (Lipinski definition) is 3. The second kappa shape index (κ2) is 9.97. The summed E-state index contributed by atoms with van der Waals surface area (Å²) in [4.78, 5) is 31.1. The standard InChI is InChI=1S/C27H31N7O3/c1-32-10-3-11-33(13-12-32)19-8-6-18(7-9-19)24-23-25(30-29-24)20-4-2-5-21(22(20)26(23)35)28-27(36)31-34-14-16-37-17-15-34/h2,4-9H,3,10-17H2,1H3,(H,29,30)(H2,28,31,36). The quantitative estimate of drug-likeness (QED) is 0.395. The summed E-state index contributed by atoms with van der Waals surface area (Å²) in [5.74, 6) is -0.143. The number of anilines is 2. The lowest BCUT2D eigenvalue weighted by atomic mass is 10.0. The Kier molecular flexibility index (Phi) is 6.37. The Hall–Kier alpha value is -3.73. The van der Waals surface area contributed by atoms with E-state index in [4.69, 9.17) is 4.74 Å². The number of aromatic nitrogens is 2. The van der Waals surface area contributed by atoms with Crippen molar-refractivity contribution in [3.05, 3.63) is 53.6 Å². The molecule has 3 aromatic rings. The van der Waals surface area contributed by atoms with Crippen molar-refractivity contribution in [1.82, 2.24) is 25.5 Å². The lowest BCUT2D eigenvalue weighted by Crippen LogP contribution is -2.49. The Bertz CT molecular complexity index is 1310. The number of nitrogens with zero attached hydrogens (tertiary/aromatic N) is 4. The highest BCUT2D eigenvalue weighted by atomic mass is 16.5. The van der Waals surface area contributed by atoms with E-state index in [1.807, 2.05) is 29.3 Å². The number of H-pyrrole nitrogens is 1. The number of hydrazine groups is 1. The average molecular weight is 502 g/mol. The Morgan fingerprint density at radius 3 is 2.59 bits per heavy atom. The number of carbonyl (C=O) groups is 2. The number of ketones is 1. The maximum absolute atomic E-state index is 13.6. The molecule has 2 aromatic carbocycles. The van der Waals surface area contributed by atoms with Gasteiger partial charge in [0.1, 0.15) is 5.69 Å². The molecule has 2 aliphatic heterocycles. The second-order valence-electron chi connectivity index (χ2n) is 9.74. The third kappa shape index (κ3) is 4.59. The van der Waals surface area contributed by atoms with Crippen LogP contribution in [-0.4, -0.2) is 91.5 Å². The predicted molar refractivity (Wildman–Crippen MR) is 142 cm³/mol. The number of benzene rings is 2. The average Bonchev–Trinajstić information content (AvgIpc) is 3.38. The highest BCUT2D eigenvalue weighted by Crippen LogP contribution is 2.43. The molecular weight excluding hydrogens is 470 g/mol. The molecule has 0 atom stereocenters. The van der Waals surface area contributed by atoms with Crippen LogP contribution in [0.15, 0.2) is 42.5 Å². The molecule has 3 aliphatic rings. The Balaban J connectivity index is 1.22. The molecule has 3 N–H and O–H groups in total. The summed E-state index contributed by atoms with van der Waals surface area (Å²) in [6.45, 7) is 6.56. The smallest absolute Gasteiger partial charge is 0.333 e. The number of likely N-dealkylation sites (N-methyl/N-ethyl adjacent to an activating group) is 1. The van der Waals surface area contributed by atoms with E-state index in [0.29, 0.717) is 54.5 Å². The van der Waals surface area contributed by atoms with Gasteiger partial charge in [-0.05, 0) is 38.2 Å². The number of carbonyl (C=O) groups excluding carboxylic acids is 2. The zero-order chi connectivity index (χ0) is 25.4. The van der Waals surface area contributed by atoms with Gasteiger partial charge < -0.3 is 19.9 Å². The van der Waals surface area contributed by atoms with Crippen molar-refractivity contribution >= 4 is 23.2 Å². The predicted octanol–water partition coefficient (Wildman–Crippen LogP) is 2.80. The molecule has 1 aliphatic carbocycles. The summed E-state index contributed by atoms with van der Waals surface area (Å²) in [5.41, 5.74) is 8.45. The number of amides is 2. The van der Waals surface area contributed by atoms with Gasteiger partial charge in [-0.3, -0.25) is 15.3 Å². The minimum Gasteiger partial charge on any atom is -0.379 e. The largest absolute Gasteiger partial charge is 0.379 e. The fraction of sp³-hybridized carbons (Fsp3) is 0.370. The van der Waals surface area contributed by atoms with Crippen LogP contribution in [-0.2, 0) is 4.74 Å². The van der Waals surface area contributed by atoms with Gasteiger partial charge >= 0.3 is 6.03 Å². The first-order valence-corrected chi connectivity index (χ1v) is 12.8. The minimum absolute atomic E-state index is 0.143. The molecule has 0 spiro atoms. The second-order valence-corrected chi connectivity index (χ2v) is 9.74. The number of aromatic amines is 1. The van der Waals surface area contributed by atoms with Crippen molar-refractivity contribution < 1.29 is 14.3 Å². The molecule has 2 saturated heterocycles. The van der Waals surface area contributed by atoms with E-state index in [1.54, 1.807) is 6.07 Å². The van der Waals surface area contributed by atoms with Crippen LogP contribution in [0.1, 0.15) is 22.3 Å². The number of hydrogen-bond acceptors (Lipinski definition) is 7. The van der Waals surface area contributed by atoms with Crippen molar-refractivity contribution in [3.8, 4) is 22.5 Å². The maximum Gasteiger partial charge on any atom is 0.333 e. The molecule has 0 radical (unpaired) electrons. The summed E-state index contributed by atoms with van der Waals surface area (Å²) in [6, 6.07) is 13.4. The lowest BCUT2D eigenvalue weighted by Gasteiger charge is -2.27. The van der Waals surface area contributed by atoms with Gasteiger partial charge in [-0.1, -0.05) is 24.3 Å². The summed E-state index contributed by atoms with van der Waals surface area (Å²) in [5, 5.41) is 12.2. The Morgan fingerprint density at radius 1 is 0.973 bits per heavy atom. The first kappa shape index (κ1) is 23.7. The highest BCUT2D eigenvalue weighted by molar-refractivity contribution is 6.26. The van der Waals surface area contributed by atoms with Crippen LogP contribution in [0.3, 0.4) is 0 Å². The molecular formula is C27H31N7O3. The maximum atomic E-state index is 13.6. The molecule has 6 rings (SSSR count). The van der Waals surface area contributed by atoms with Gasteiger partial charge in [-0.25, -0.2) is 9.80 Å². The molecule has 37 heavy (non-hydrogen) atoms. The van der Waals surface area contributed by atoms with E-state index in [1.165, 1.54) is 5.69 Å². The third-order valence-electron chi connectivity index (χ3n) is 7.30. The molecule has 192 valence electrons. The number of fused-ring (bicyclic) bond motifs is 3. The minimum atomic E-state index is -0.382. The Morgan fingerprint density at radius 2 is 1.78 bits per heavy atom. The summed E-state index contributed by atoms with van der Waals surface area (Å²) in [7, 11) is 2.16. The van der Waals surface area contributed by atoms with E-state index >= 15 is 0 Å². The first-order valence-electron chi connectivity index (χ1n) is 12.8. The van der Waals surface area contributed by atoms with Gasteiger partial charge in [0.25, 0.3) is 0 Å². The van der Waals surface area contributed by atoms with E-state index in [-0.39, 0.29) is 11.8 Å². The Labute approximate surface area is 215 Å². The van der Waals surface area contributed by atoms with Crippen LogP contribution in [0.25, 0.3) is 22.5 Å². The van der Waals surface area contributed by atoms with E-state index < -0.39 is 0 Å². The lowest BCUT2D eigenvalue weighted by molar-refractivity contribution is 0.0207. The molecule has 2 amide bonds. The van der Waals surface area contributed by atoms with Crippen LogP contribution in [0.4, 0.5) is 16.2 Å². The molecule has 2 fully saturated rings. The molecule has 0 unspecified atom stereocenters. The van der Waals surface area contributed by atoms with Gasteiger partial charge in [0.15, 0.2) is 5.78 Å². The van der Waals surface area contributed by atoms with Gasteiger partial charge in [0.2, 0.25) is 0 Å². The van der Waals surface area contributed by atoms with Crippen molar-refractivity contribution in [2.45, 2.75) is 6.42 Å². The SMILES string of the molecule is CN1CCCN(c2ccc(-c3n[nH]c4c3C(=O)c3c(NC(=O)NN5CCOCC5)cccc3-4)cc2)CC1. The molecule has 3 heterocycles. The van der Waals surface area contributed by atoms with Crippen LogP contribution >= 0.6 is 0 Å². The highest BCUT2D eigenvalue weighted by Gasteiger charge is 2.35. The third-order valence-corrected chi connectivity index (χ3v) is 7.30. The molecule has 10 heteroatoms.